The number of carbonyl (C=O) groups is 2. The summed E-state index contributed by atoms with van der Waals surface area (Å²) in [6, 6.07) is 8.43. The van der Waals surface area contributed by atoms with Crippen molar-refractivity contribution in [3.05, 3.63) is 36.0 Å². The van der Waals surface area contributed by atoms with Gasteiger partial charge in [-0.1, -0.05) is 18.2 Å². The lowest BCUT2D eigenvalue weighted by Crippen LogP contribution is -2.47. The summed E-state index contributed by atoms with van der Waals surface area (Å²) < 4.78 is 5.01. The van der Waals surface area contributed by atoms with Crippen molar-refractivity contribution in [1.82, 2.24) is 20.5 Å². The molecule has 1 aromatic carbocycles. The molecule has 0 bridgehead atoms. The maximum absolute atomic E-state index is 12.1. The molecule has 0 radical (unpaired) electrons. The van der Waals surface area contributed by atoms with Gasteiger partial charge in [0.25, 0.3) is 0 Å². The predicted octanol–water partition coefficient (Wildman–Crippen LogP) is 2.43. The standard InChI is InChI=1S/C21H30N4O3/c1-2-28-21(27)25-13-9-17(10-14-25)24-20(26)8-12-22-11-7-16-15-23-19-6-4-3-5-18(16)19/h3-6,15,17,22-23H,2,7-14H2,1H3,(H,24,26). The second kappa shape index (κ2) is 10.1. The van der Waals surface area contributed by atoms with Crippen LogP contribution in [-0.2, 0) is 16.0 Å². The number of piperidine rings is 1. The van der Waals surface area contributed by atoms with E-state index in [1.54, 1.807) is 11.8 Å². The van der Waals surface area contributed by atoms with Gasteiger partial charge in [0.1, 0.15) is 0 Å². The molecule has 152 valence electrons. The zero-order valence-corrected chi connectivity index (χ0v) is 16.5. The van der Waals surface area contributed by atoms with Crippen LogP contribution >= 0.6 is 0 Å². The Morgan fingerprint density at radius 2 is 2.00 bits per heavy atom. The number of aromatic nitrogens is 1. The van der Waals surface area contributed by atoms with E-state index in [0.29, 0.717) is 32.7 Å². The fourth-order valence-electron chi connectivity index (χ4n) is 3.61. The van der Waals surface area contributed by atoms with E-state index in [4.69, 9.17) is 4.74 Å². The zero-order chi connectivity index (χ0) is 19.8. The predicted molar refractivity (Wildman–Crippen MR) is 109 cm³/mol. The van der Waals surface area contributed by atoms with Gasteiger partial charge in [-0.15, -0.1) is 0 Å². The number of rotatable bonds is 8. The fraction of sp³-hybridized carbons (Fsp3) is 0.524. The van der Waals surface area contributed by atoms with E-state index in [2.05, 4.69) is 40.0 Å². The summed E-state index contributed by atoms with van der Waals surface area (Å²) in [5.41, 5.74) is 2.45. The van der Waals surface area contributed by atoms with Gasteiger partial charge in [0.15, 0.2) is 0 Å². The molecule has 1 aromatic heterocycles. The molecule has 7 nitrogen and oxygen atoms in total. The fourth-order valence-corrected chi connectivity index (χ4v) is 3.61. The summed E-state index contributed by atoms with van der Waals surface area (Å²) in [6.45, 7) is 4.96. The van der Waals surface area contributed by atoms with Crippen molar-refractivity contribution >= 4 is 22.9 Å². The van der Waals surface area contributed by atoms with Gasteiger partial charge in [-0.2, -0.15) is 0 Å². The highest BCUT2D eigenvalue weighted by atomic mass is 16.6. The van der Waals surface area contributed by atoms with Crippen LogP contribution in [0.15, 0.2) is 30.5 Å². The van der Waals surface area contributed by atoms with Crippen LogP contribution in [-0.4, -0.2) is 60.7 Å². The highest BCUT2D eigenvalue weighted by Crippen LogP contribution is 2.17. The number of amides is 2. The molecule has 0 saturated carbocycles. The Bertz CT molecular complexity index is 781. The van der Waals surface area contributed by atoms with Crippen molar-refractivity contribution in [3.8, 4) is 0 Å². The molecule has 3 N–H and O–H groups in total. The minimum atomic E-state index is -0.258. The summed E-state index contributed by atoms with van der Waals surface area (Å²) in [5.74, 6) is 0.0641. The summed E-state index contributed by atoms with van der Waals surface area (Å²) in [5, 5.41) is 7.69. The maximum atomic E-state index is 12.1. The van der Waals surface area contributed by atoms with Gasteiger partial charge < -0.3 is 25.3 Å². The molecular formula is C21H30N4O3. The Morgan fingerprint density at radius 3 is 2.79 bits per heavy atom. The first-order valence-electron chi connectivity index (χ1n) is 10.1. The van der Waals surface area contributed by atoms with Crippen LogP contribution in [0.3, 0.4) is 0 Å². The lowest BCUT2D eigenvalue weighted by atomic mass is 10.1. The third-order valence-corrected chi connectivity index (χ3v) is 5.16. The minimum absolute atomic E-state index is 0.0641. The van der Waals surface area contributed by atoms with E-state index < -0.39 is 0 Å². The normalized spacial score (nSPS) is 15.0. The van der Waals surface area contributed by atoms with Gasteiger partial charge in [0, 0.05) is 49.2 Å². The minimum Gasteiger partial charge on any atom is -0.450 e. The molecule has 1 aliphatic rings. The van der Waals surface area contributed by atoms with Crippen molar-refractivity contribution < 1.29 is 14.3 Å². The van der Waals surface area contributed by atoms with Crippen LogP contribution in [0, 0.1) is 0 Å². The molecular weight excluding hydrogens is 356 g/mol. The second-order valence-corrected chi connectivity index (χ2v) is 7.14. The van der Waals surface area contributed by atoms with Gasteiger partial charge >= 0.3 is 6.09 Å². The third-order valence-electron chi connectivity index (χ3n) is 5.16. The lowest BCUT2D eigenvalue weighted by Gasteiger charge is -2.31. The van der Waals surface area contributed by atoms with Crippen LogP contribution in [0.4, 0.5) is 4.79 Å². The summed E-state index contributed by atoms with van der Waals surface area (Å²) in [4.78, 5) is 28.8. The average Bonchev–Trinajstić information content (AvgIpc) is 3.12. The number of para-hydroxylation sites is 1. The number of hydrogen-bond donors (Lipinski definition) is 3. The first-order chi connectivity index (χ1) is 13.7. The van der Waals surface area contributed by atoms with E-state index in [0.717, 1.165) is 31.3 Å². The Balaban J connectivity index is 1.28. The third kappa shape index (κ3) is 5.48. The quantitative estimate of drug-likeness (QED) is 0.608. The Kier molecular flexibility index (Phi) is 7.31. The van der Waals surface area contributed by atoms with Crippen molar-refractivity contribution in [1.29, 1.82) is 0 Å². The number of benzene rings is 1. The van der Waals surface area contributed by atoms with Gasteiger partial charge in [-0.25, -0.2) is 4.79 Å². The number of hydrogen-bond acceptors (Lipinski definition) is 4. The van der Waals surface area contributed by atoms with E-state index in [1.165, 1.54) is 10.9 Å². The lowest BCUT2D eigenvalue weighted by molar-refractivity contribution is -0.121. The van der Waals surface area contributed by atoms with E-state index in [-0.39, 0.29) is 18.0 Å². The first-order valence-corrected chi connectivity index (χ1v) is 10.1. The van der Waals surface area contributed by atoms with Gasteiger partial charge in [-0.05, 0) is 44.4 Å². The Morgan fingerprint density at radius 1 is 1.21 bits per heavy atom. The molecule has 1 saturated heterocycles. The largest absolute Gasteiger partial charge is 0.450 e. The van der Waals surface area contributed by atoms with Gasteiger partial charge in [0.2, 0.25) is 5.91 Å². The highest BCUT2D eigenvalue weighted by molar-refractivity contribution is 5.83. The van der Waals surface area contributed by atoms with Crippen LogP contribution in [0.25, 0.3) is 10.9 Å². The summed E-state index contributed by atoms with van der Waals surface area (Å²) in [7, 11) is 0. The topological polar surface area (TPSA) is 86.5 Å². The number of nitrogens with one attached hydrogen (secondary N) is 3. The monoisotopic (exact) mass is 386 g/mol. The molecule has 28 heavy (non-hydrogen) atoms. The van der Waals surface area contributed by atoms with Crippen molar-refractivity contribution in [2.24, 2.45) is 0 Å². The second-order valence-electron chi connectivity index (χ2n) is 7.14. The number of aromatic amines is 1. The molecule has 0 spiro atoms. The molecule has 2 aromatic rings. The Hall–Kier alpha value is -2.54. The molecule has 0 aliphatic carbocycles. The van der Waals surface area contributed by atoms with Crippen LogP contribution in [0.2, 0.25) is 0 Å². The first kappa shape index (κ1) is 20.2. The van der Waals surface area contributed by atoms with Crippen molar-refractivity contribution in [3.63, 3.8) is 0 Å². The van der Waals surface area contributed by atoms with Crippen LogP contribution in [0.1, 0.15) is 31.7 Å². The average molecular weight is 386 g/mol. The number of likely N-dealkylation sites (tertiary alicyclic amines) is 1. The molecule has 1 aliphatic heterocycles. The maximum Gasteiger partial charge on any atom is 0.409 e. The molecule has 0 atom stereocenters. The number of ether oxygens (including phenoxy) is 1. The zero-order valence-electron chi connectivity index (χ0n) is 16.5. The Labute approximate surface area is 165 Å². The van der Waals surface area contributed by atoms with Crippen molar-refractivity contribution in [2.75, 3.05) is 32.8 Å². The number of nitrogens with zero attached hydrogens (tertiary/aromatic N) is 1. The van der Waals surface area contributed by atoms with E-state index in [9.17, 15) is 9.59 Å². The summed E-state index contributed by atoms with van der Waals surface area (Å²) in [6.07, 6.45) is 4.75. The number of fused-ring (bicyclic) bond motifs is 1. The molecule has 1 fully saturated rings. The number of carbonyl (C=O) groups excluding carboxylic acids is 2. The molecule has 2 amide bonds. The highest BCUT2D eigenvalue weighted by Gasteiger charge is 2.24. The van der Waals surface area contributed by atoms with Gasteiger partial charge in [-0.3, -0.25) is 4.79 Å². The van der Waals surface area contributed by atoms with Gasteiger partial charge in [0.05, 0.1) is 6.61 Å². The summed E-state index contributed by atoms with van der Waals surface area (Å²) >= 11 is 0. The van der Waals surface area contributed by atoms with Crippen LogP contribution < -0.4 is 10.6 Å². The molecule has 7 heteroatoms. The van der Waals surface area contributed by atoms with Crippen molar-refractivity contribution in [2.45, 2.75) is 38.6 Å². The van der Waals surface area contributed by atoms with E-state index in [1.807, 2.05) is 6.07 Å². The smallest absolute Gasteiger partial charge is 0.409 e. The molecule has 2 heterocycles. The number of H-pyrrole nitrogens is 1. The molecule has 0 unspecified atom stereocenters. The molecule has 3 rings (SSSR count). The van der Waals surface area contributed by atoms with Crippen LogP contribution in [0.5, 0.6) is 0 Å². The van der Waals surface area contributed by atoms with E-state index >= 15 is 0 Å². The SMILES string of the molecule is CCOC(=O)N1CCC(NC(=O)CCNCCc2c[nH]c3ccccc23)CC1.